The predicted molar refractivity (Wildman–Crippen MR) is 120 cm³/mol. The van der Waals surface area contributed by atoms with E-state index in [1.165, 1.54) is 12.8 Å². The highest BCUT2D eigenvalue weighted by Crippen LogP contribution is 2.21. The lowest BCUT2D eigenvalue weighted by atomic mass is 10.2. The van der Waals surface area contributed by atoms with Crippen LogP contribution in [0.15, 0.2) is 52.6 Å². The van der Waals surface area contributed by atoms with E-state index in [0.29, 0.717) is 17.4 Å². The summed E-state index contributed by atoms with van der Waals surface area (Å²) in [5, 5.41) is 7.12. The summed E-state index contributed by atoms with van der Waals surface area (Å²) >= 11 is 6.04. The molecular weight excluding hydrogens is 414 g/mol. The summed E-state index contributed by atoms with van der Waals surface area (Å²) in [5.74, 6) is 9.12. The molecule has 158 valence electrons. The molecular formula is C22H22ClN7O. The Morgan fingerprint density at radius 3 is 2.81 bits per heavy atom. The zero-order valence-electron chi connectivity index (χ0n) is 17.1. The molecule has 0 saturated carbocycles. The Morgan fingerprint density at radius 2 is 2.03 bits per heavy atom. The van der Waals surface area contributed by atoms with Crippen molar-refractivity contribution in [3.63, 3.8) is 0 Å². The highest BCUT2D eigenvalue weighted by Gasteiger charge is 2.23. The first-order chi connectivity index (χ1) is 15.2. The molecule has 0 spiro atoms. The molecule has 9 heteroatoms. The minimum atomic E-state index is -0.373. The Balaban J connectivity index is 1.38. The van der Waals surface area contributed by atoms with Crippen LogP contribution in [-0.4, -0.2) is 52.0 Å². The molecule has 0 radical (unpaired) electrons. The summed E-state index contributed by atoms with van der Waals surface area (Å²) < 4.78 is 7.18. The van der Waals surface area contributed by atoms with E-state index in [4.69, 9.17) is 21.3 Å². The Kier molecular flexibility index (Phi) is 5.37. The number of nitrogens with one attached hydrogen (secondary N) is 1. The van der Waals surface area contributed by atoms with E-state index in [0.717, 1.165) is 36.2 Å². The van der Waals surface area contributed by atoms with Crippen molar-refractivity contribution in [3.05, 3.63) is 59.0 Å². The van der Waals surface area contributed by atoms with Gasteiger partial charge < -0.3 is 9.64 Å². The first-order valence-corrected chi connectivity index (χ1v) is 10.6. The van der Waals surface area contributed by atoms with Crippen LogP contribution in [-0.2, 0) is 6.54 Å². The summed E-state index contributed by atoms with van der Waals surface area (Å²) in [6.07, 6.45) is 7.38. The molecule has 1 fully saturated rings. The number of benzene rings is 1. The maximum Gasteiger partial charge on any atom is 0.227 e. The summed E-state index contributed by atoms with van der Waals surface area (Å²) in [4.78, 5) is 11.5. The van der Waals surface area contributed by atoms with Crippen LogP contribution in [0.25, 0.3) is 0 Å². The Bertz CT molecular complexity index is 1120. The molecule has 1 N–H and O–H groups in total. The fourth-order valence-corrected chi connectivity index (χ4v) is 3.86. The Labute approximate surface area is 185 Å². The first kappa shape index (κ1) is 19.7. The number of nitrogens with zero attached hydrogens (tertiary/aromatic N) is 6. The Morgan fingerprint density at radius 1 is 1.23 bits per heavy atom. The highest BCUT2D eigenvalue weighted by atomic mass is 35.5. The van der Waals surface area contributed by atoms with Crippen LogP contribution < -0.4 is 15.1 Å². The minimum absolute atomic E-state index is 0.373. The van der Waals surface area contributed by atoms with Gasteiger partial charge in [-0.2, -0.15) is 10.4 Å². The number of amidine groups is 1. The minimum Gasteiger partial charge on any atom is -0.497 e. The van der Waals surface area contributed by atoms with Gasteiger partial charge in [0.05, 0.1) is 13.7 Å². The molecule has 1 unspecified atom stereocenters. The van der Waals surface area contributed by atoms with Crippen molar-refractivity contribution in [1.82, 2.24) is 25.2 Å². The van der Waals surface area contributed by atoms with E-state index in [1.54, 1.807) is 24.3 Å². The van der Waals surface area contributed by atoms with Gasteiger partial charge in [0.15, 0.2) is 6.17 Å². The van der Waals surface area contributed by atoms with Gasteiger partial charge in [0.25, 0.3) is 0 Å². The molecule has 5 rings (SSSR count). The number of fused-ring (bicyclic) bond motifs is 1. The first-order valence-electron chi connectivity index (χ1n) is 10.2. The molecule has 0 bridgehead atoms. The van der Waals surface area contributed by atoms with E-state index >= 15 is 0 Å². The average molecular weight is 436 g/mol. The number of allylic oxidation sites excluding steroid dienone is 2. The van der Waals surface area contributed by atoms with Gasteiger partial charge in [-0.3, -0.25) is 5.01 Å². The van der Waals surface area contributed by atoms with Crippen LogP contribution in [0.2, 0.25) is 0 Å². The molecule has 31 heavy (non-hydrogen) atoms. The van der Waals surface area contributed by atoms with Gasteiger partial charge in [-0.05, 0) is 48.5 Å². The number of hydrogen-bond donors (Lipinski definition) is 1. The summed E-state index contributed by atoms with van der Waals surface area (Å²) in [6.45, 7) is 2.59. The number of hydrazine groups is 1. The zero-order valence-corrected chi connectivity index (χ0v) is 17.9. The summed E-state index contributed by atoms with van der Waals surface area (Å²) in [7, 11) is 1.67. The van der Waals surface area contributed by atoms with Gasteiger partial charge >= 0.3 is 0 Å². The number of aromatic nitrogens is 3. The van der Waals surface area contributed by atoms with Gasteiger partial charge in [-0.15, -0.1) is 5.10 Å². The number of ether oxygens (including phenoxy) is 1. The lowest BCUT2D eigenvalue weighted by Gasteiger charge is -2.16. The van der Waals surface area contributed by atoms with E-state index in [2.05, 4.69) is 32.3 Å². The van der Waals surface area contributed by atoms with Crippen LogP contribution in [0.1, 0.15) is 24.2 Å². The monoisotopic (exact) mass is 435 g/mol. The fraction of sp³-hybridized carbons (Fsp3) is 0.318. The van der Waals surface area contributed by atoms with Crippen LogP contribution in [0.5, 0.6) is 5.75 Å². The van der Waals surface area contributed by atoms with Crippen molar-refractivity contribution in [2.75, 3.05) is 25.1 Å². The maximum absolute atomic E-state index is 6.04. The van der Waals surface area contributed by atoms with Crippen molar-refractivity contribution in [1.29, 1.82) is 0 Å². The van der Waals surface area contributed by atoms with Crippen molar-refractivity contribution in [2.45, 2.75) is 25.6 Å². The maximum atomic E-state index is 6.04. The number of rotatable bonds is 4. The molecule has 4 heterocycles. The lowest BCUT2D eigenvalue weighted by Crippen LogP contribution is -2.36. The van der Waals surface area contributed by atoms with Crippen molar-refractivity contribution in [3.8, 4) is 17.6 Å². The van der Waals surface area contributed by atoms with Crippen LogP contribution in [0.3, 0.4) is 0 Å². The third-order valence-corrected chi connectivity index (χ3v) is 5.51. The molecule has 1 aromatic carbocycles. The predicted octanol–water partition coefficient (Wildman–Crippen LogP) is 2.48. The molecule has 3 aliphatic heterocycles. The molecule has 0 amide bonds. The van der Waals surface area contributed by atoms with Crippen LogP contribution in [0, 0.1) is 11.8 Å². The van der Waals surface area contributed by atoms with E-state index in [9.17, 15) is 0 Å². The molecule has 2 aromatic rings. The van der Waals surface area contributed by atoms with Crippen LogP contribution in [0.4, 0.5) is 5.95 Å². The number of hydrogen-bond acceptors (Lipinski definition) is 7. The lowest BCUT2D eigenvalue weighted by molar-refractivity contribution is 0.414. The Hall–Kier alpha value is -3.28. The smallest absolute Gasteiger partial charge is 0.227 e. The summed E-state index contributed by atoms with van der Waals surface area (Å²) in [6, 6.07) is 8.00. The van der Waals surface area contributed by atoms with Crippen molar-refractivity contribution < 1.29 is 4.74 Å². The molecule has 3 aliphatic rings. The number of methoxy groups -OCH3 is 1. The SMILES string of the molecule is COc1ccc(Cn2nc(C#CC3N=C4C=C(Cl)C=CN4N3)nc2N2CCCC2)cc1. The zero-order chi connectivity index (χ0) is 21.2. The molecule has 1 saturated heterocycles. The topological polar surface area (TPSA) is 70.8 Å². The molecule has 1 aromatic heterocycles. The second-order valence-electron chi connectivity index (χ2n) is 7.44. The normalized spacial score (nSPS) is 19.6. The largest absolute Gasteiger partial charge is 0.497 e. The quantitative estimate of drug-likeness (QED) is 0.744. The van der Waals surface area contributed by atoms with Gasteiger partial charge in [0.2, 0.25) is 11.8 Å². The van der Waals surface area contributed by atoms with E-state index in [-0.39, 0.29) is 6.17 Å². The fourth-order valence-electron chi connectivity index (χ4n) is 3.71. The third kappa shape index (κ3) is 4.29. The molecule has 0 aliphatic carbocycles. The van der Waals surface area contributed by atoms with Gasteiger partial charge in [-0.1, -0.05) is 23.7 Å². The van der Waals surface area contributed by atoms with Gasteiger partial charge in [0.1, 0.15) is 11.6 Å². The van der Waals surface area contributed by atoms with Crippen molar-refractivity contribution >= 4 is 23.4 Å². The second-order valence-corrected chi connectivity index (χ2v) is 7.87. The third-order valence-electron chi connectivity index (χ3n) is 5.27. The second kappa shape index (κ2) is 8.46. The molecule has 1 atom stereocenters. The number of anilines is 1. The standard InChI is InChI=1S/C22H22ClN7O/c1-31-18-6-4-16(5-7-18)15-30-22(28-11-2-3-12-28)25-20(27-30)9-8-19-24-21-14-17(23)10-13-29(21)26-19/h4-7,10,13-14,19,26H,2-3,11-12,15H2,1H3. The van der Waals surface area contributed by atoms with Gasteiger partial charge in [0, 0.05) is 30.4 Å². The van der Waals surface area contributed by atoms with Gasteiger partial charge in [-0.25, -0.2) is 9.67 Å². The van der Waals surface area contributed by atoms with Crippen LogP contribution >= 0.6 is 11.6 Å². The molecule has 8 nitrogen and oxygen atoms in total. The number of halogens is 1. The number of aliphatic imine (C=N–C) groups is 1. The van der Waals surface area contributed by atoms with E-state index < -0.39 is 0 Å². The van der Waals surface area contributed by atoms with Crippen molar-refractivity contribution in [2.24, 2.45) is 4.99 Å². The summed E-state index contributed by atoms with van der Waals surface area (Å²) in [5.41, 5.74) is 4.32. The average Bonchev–Trinajstić information content (AvgIpc) is 3.52. The van der Waals surface area contributed by atoms with E-state index in [1.807, 2.05) is 35.1 Å². The highest BCUT2D eigenvalue weighted by molar-refractivity contribution is 6.33.